The first-order chi connectivity index (χ1) is 6.77. The smallest absolute Gasteiger partial charge is 0.225 e. The van der Waals surface area contributed by atoms with Crippen LogP contribution in [0.5, 0.6) is 5.88 Å². The predicted molar refractivity (Wildman–Crippen MR) is 58.0 cm³/mol. The number of ether oxygens (including phenoxy) is 1. The molecule has 0 amide bonds. The molecule has 0 aromatic carbocycles. The zero-order chi connectivity index (χ0) is 10.4. The summed E-state index contributed by atoms with van der Waals surface area (Å²) in [6.07, 6.45) is 6.20. The number of hydrogen-bond donors (Lipinski definition) is 0. The van der Waals surface area contributed by atoms with E-state index in [1.807, 2.05) is 12.2 Å². The van der Waals surface area contributed by atoms with Gasteiger partial charge in [-0.25, -0.2) is 4.98 Å². The van der Waals surface area contributed by atoms with E-state index < -0.39 is 0 Å². The molecule has 0 aliphatic carbocycles. The molecule has 0 unspecified atom stereocenters. The van der Waals surface area contributed by atoms with Crippen molar-refractivity contribution in [2.24, 2.45) is 0 Å². The predicted octanol–water partition coefficient (Wildman–Crippen LogP) is 2.78. The minimum Gasteiger partial charge on any atom is -0.480 e. The topological polar surface area (TPSA) is 35.0 Å². The molecule has 0 spiro atoms. The minimum atomic E-state index is 0.177. The van der Waals surface area contributed by atoms with Crippen molar-refractivity contribution >= 4 is 29.3 Å². The Hall–Kier alpha value is -0.800. The summed E-state index contributed by atoms with van der Waals surface area (Å²) in [5.74, 6) is 1.06. The summed E-state index contributed by atoms with van der Waals surface area (Å²) in [6, 6.07) is 0. The summed E-state index contributed by atoms with van der Waals surface area (Å²) in [7, 11) is 1.54. The zero-order valence-electron chi connectivity index (χ0n) is 7.70. The van der Waals surface area contributed by atoms with Crippen LogP contribution in [0.3, 0.4) is 0 Å². The second-order valence-electron chi connectivity index (χ2n) is 2.48. The van der Waals surface area contributed by atoms with Gasteiger partial charge >= 0.3 is 0 Å². The van der Waals surface area contributed by atoms with Gasteiger partial charge in [0.2, 0.25) is 11.2 Å². The van der Waals surface area contributed by atoms with Crippen molar-refractivity contribution in [3.63, 3.8) is 0 Å². The lowest BCUT2D eigenvalue weighted by molar-refractivity contribution is 0.396. The van der Waals surface area contributed by atoms with Crippen LogP contribution in [-0.2, 0) is 0 Å². The zero-order valence-corrected chi connectivity index (χ0v) is 9.22. The molecule has 0 fully saturated rings. The van der Waals surface area contributed by atoms with Crippen LogP contribution >= 0.6 is 23.2 Å². The van der Waals surface area contributed by atoms with Crippen molar-refractivity contribution in [2.75, 3.05) is 13.0 Å². The van der Waals surface area contributed by atoms with E-state index in [2.05, 4.69) is 9.97 Å². The normalized spacial score (nSPS) is 10.8. The molecule has 1 aromatic rings. The number of allylic oxidation sites excluding steroid dienone is 1. The number of nitrogens with zero attached hydrogens (tertiary/aromatic N) is 2. The van der Waals surface area contributed by atoms with E-state index in [0.29, 0.717) is 11.8 Å². The van der Waals surface area contributed by atoms with Crippen LogP contribution in [0.4, 0.5) is 0 Å². The highest BCUT2D eigenvalue weighted by Gasteiger charge is 2.02. The maximum Gasteiger partial charge on any atom is 0.225 e. The fourth-order valence-electron chi connectivity index (χ4n) is 0.906. The summed E-state index contributed by atoms with van der Waals surface area (Å²) in [6.45, 7) is 0. The van der Waals surface area contributed by atoms with Crippen LogP contribution in [0.15, 0.2) is 12.3 Å². The van der Waals surface area contributed by atoms with E-state index in [4.69, 9.17) is 27.9 Å². The van der Waals surface area contributed by atoms with Gasteiger partial charge in [-0.05, 0) is 18.0 Å². The lowest BCUT2D eigenvalue weighted by atomic mass is 10.3. The number of methoxy groups -OCH3 is 1. The Balaban J connectivity index is 2.85. The Morgan fingerprint density at radius 2 is 2.36 bits per heavy atom. The average Bonchev–Trinajstić information content (AvgIpc) is 2.20. The van der Waals surface area contributed by atoms with Gasteiger partial charge in [-0.15, -0.1) is 11.6 Å². The lowest BCUT2D eigenvalue weighted by Gasteiger charge is -2.02. The lowest BCUT2D eigenvalue weighted by Crippen LogP contribution is -1.93. The number of aromatic nitrogens is 2. The minimum absolute atomic E-state index is 0.177. The molecule has 0 atom stereocenters. The van der Waals surface area contributed by atoms with Gasteiger partial charge in [-0.3, -0.25) is 0 Å². The summed E-state index contributed by atoms with van der Waals surface area (Å²) >= 11 is 11.1. The molecule has 14 heavy (non-hydrogen) atoms. The van der Waals surface area contributed by atoms with Crippen LogP contribution in [-0.4, -0.2) is 23.0 Å². The van der Waals surface area contributed by atoms with Crippen molar-refractivity contribution in [1.82, 2.24) is 9.97 Å². The maximum absolute atomic E-state index is 5.61. The van der Waals surface area contributed by atoms with Crippen molar-refractivity contribution in [1.29, 1.82) is 0 Å². The van der Waals surface area contributed by atoms with Crippen molar-refractivity contribution in [3.8, 4) is 5.88 Å². The average molecular weight is 233 g/mol. The fourth-order valence-corrected chi connectivity index (χ4v) is 1.16. The first kappa shape index (κ1) is 11.3. The van der Waals surface area contributed by atoms with E-state index in [-0.39, 0.29) is 5.28 Å². The molecule has 0 aliphatic heterocycles. The summed E-state index contributed by atoms with van der Waals surface area (Å²) < 4.78 is 5.04. The Morgan fingerprint density at radius 3 is 3.00 bits per heavy atom. The van der Waals surface area contributed by atoms with Crippen LogP contribution in [0.2, 0.25) is 5.28 Å². The third-order valence-electron chi connectivity index (χ3n) is 1.52. The molecule has 1 rings (SSSR count). The van der Waals surface area contributed by atoms with Gasteiger partial charge in [-0.1, -0.05) is 12.2 Å². The van der Waals surface area contributed by atoms with E-state index in [1.165, 1.54) is 7.11 Å². The maximum atomic E-state index is 5.61. The molecule has 1 heterocycles. The van der Waals surface area contributed by atoms with Crippen LogP contribution < -0.4 is 4.74 Å². The monoisotopic (exact) mass is 232 g/mol. The van der Waals surface area contributed by atoms with E-state index in [0.717, 1.165) is 12.0 Å². The van der Waals surface area contributed by atoms with E-state index in [1.54, 1.807) is 6.20 Å². The number of halogens is 2. The number of rotatable bonds is 4. The Labute approximate surface area is 92.7 Å². The summed E-state index contributed by atoms with van der Waals surface area (Å²) in [5.41, 5.74) is 0.794. The molecular weight excluding hydrogens is 223 g/mol. The molecule has 1 aromatic heterocycles. The molecule has 0 saturated carbocycles. The first-order valence-corrected chi connectivity index (χ1v) is 4.98. The van der Waals surface area contributed by atoms with Crippen molar-refractivity contribution < 1.29 is 4.74 Å². The molecule has 0 radical (unpaired) electrons. The van der Waals surface area contributed by atoms with E-state index in [9.17, 15) is 0 Å². The number of alkyl halides is 1. The SMILES string of the molecule is COc1nc(Cl)ncc1C=CCCCl. The van der Waals surface area contributed by atoms with Crippen LogP contribution in [0, 0.1) is 0 Å². The number of hydrogen-bond acceptors (Lipinski definition) is 3. The van der Waals surface area contributed by atoms with Crippen LogP contribution in [0.1, 0.15) is 12.0 Å². The van der Waals surface area contributed by atoms with Gasteiger partial charge in [0.1, 0.15) is 0 Å². The molecule has 76 valence electrons. The second-order valence-corrected chi connectivity index (χ2v) is 3.20. The molecule has 3 nitrogen and oxygen atoms in total. The van der Waals surface area contributed by atoms with Gasteiger partial charge in [0, 0.05) is 12.1 Å². The van der Waals surface area contributed by atoms with Crippen molar-refractivity contribution in [3.05, 3.63) is 23.1 Å². The largest absolute Gasteiger partial charge is 0.480 e. The molecule has 0 N–H and O–H groups in total. The third-order valence-corrected chi connectivity index (χ3v) is 1.92. The first-order valence-electron chi connectivity index (χ1n) is 4.07. The highest BCUT2D eigenvalue weighted by atomic mass is 35.5. The second kappa shape index (κ2) is 5.83. The van der Waals surface area contributed by atoms with Crippen molar-refractivity contribution in [2.45, 2.75) is 6.42 Å². The Morgan fingerprint density at radius 1 is 1.57 bits per heavy atom. The van der Waals surface area contributed by atoms with Gasteiger partial charge in [0.25, 0.3) is 0 Å². The molecule has 0 saturated heterocycles. The quantitative estimate of drug-likeness (QED) is 0.592. The van der Waals surface area contributed by atoms with Gasteiger partial charge in [-0.2, -0.15) is 4.98 Å². The molecule has 0 bridgehead atoms. The Kier molecular flexibility index (Phi) is 4.70. The third kappa shape index (κ3) is 3.16. The highest BCUT2D eigenvalue weighted by Crippen LogP contribution is 2.17. The summed E-state index contributed by atoms with van der Waals surface area (Å²) in [5, 5.41) is 0.177. The Bertz CT molecular complexity index is 329. The highest BCUT2D eigenvalue weighted by molar-refractivity contribution is 6.28. The fraction of sp³-hybridized carbons (Fsp3) is 0.333. The van der Waals surface area contributed by atoms with Crippen LogP contribution in [0.25, 0.3) is 6.08 Å². The van der Waals surface area contributed by atoms with Gasteiger partial charge in [0.15, 0.2) is 0 Å². The molecular formula is C9H10Cl2N2O. The summed E-state index contributed by atoms with van der Waals surface area (Å²) in [4.78, 5) is 7.77. The standard InChI is InChI=1S/C9H10Cl2N2O/c1-14-8-7(4-2-3-5-10)6-12-9(11)13-8/h2,4,6H,3,5H2,1H3. The van der Waals surface area contributed by atoms with Gasteiger partial charge < -0.3 is 4.74 Å². The van der Waals surface area contributed by atoms with E-state index >= 15 is 0 Å². The molecule has 5 heteroatoms. The van der Waals surface area contributed by atoms with Gasteiger partial charge in [0.05, 0.1) is 12.7 Å². The molecule has 0 aliphatic rings.